The van der Waals surface area contributed by atoms with Crippen LogP contribution in [0.1, 0.15) is 64.2 Å². The molecule has 4 aliphatic carbocycles. The fourth-order valence-electron chi connectivity index (χ4n) is 6.55. The van der Waals surface area contributed by atoms with Crippen LogP contribution in [0.3, 0.4) is 0 Å². The van der Waals surface area contributed by atoms with Gasteiger partial charge >= 0.3 is 0 Å². The van der Waals surface area contributed by atoms with E-state index in [1.165, 1.54) is 51.4 Å². The van der Waals surface area contributed by atoms with E-state index in [9.17, 15) is 4.91 Å². The number of fused-ring (bicyclic) bond motifs is 5. The van der Waals surface area contributed by atoms with Gasteiger partial charge in [-0.1, -0.05) is 18.0 Å². The summed E-state index contributed by atoms with van der Waals surface area (Å²) in [5, 5.41) is 3.35. The molecule has 2 nitrogen and oxygen atoms in total. The van der Waals surface area contributed by atoms with Crippen molar-refractivity contribution in [3.63, 3.8) is 0 Å². The van der Waals surface area contributed by atoms with E-state index in [0.29, 0.717) is 0 Å². The lowest BCUT2D eigenvalue weighted by molar-refractivity contribution is -0.0215. The van der Waals surface area contributed by atoms with Crippen molar-refractivity contribution in [2.24, 2.45) is 40.7 Å². The maximum Gasteiger partial charge on any atom is 0.0922 e. The van der Waals surface area contributed by atoms with Crippen LogP contribution in [0.15, 0.2) is 5.18 Å². The molecule has 106 valence electrons. The van der Waals surface area contributed by atoms with Crippen molar-refractivity contribution in [3.05, 3.63) is 4.91 Å². The molecule has 4 aliphatic rings. The van der Waals surface area contributed by atoms with Gasteiger partial charge in [0.15, 0.2) is 0 Å². The topological polar surface area (TPSA) is 29.4 Å². The zero-order valence-corrected chi connectivity index (χ0v) is 12.0. The van der Waals surface area contributed by atoms with Gasteiger partial charge in [-0.05, 0) is 86.9 Å². The molecule has 0 aliphatic heterocycles. The summed E-state index contributed by atoms with van der Waals surface area (Å²) >= 11 is 0. The number of rotatable bonds is 1. The normalized spacial score (nSPS) is 52.9. The molecule has 0 amide bonds. The second kappa shape index (κ2) is 4.86. The smallest absolute Gasteiger partial charge is 0.0922 e. The molecule has 0 heterocycles. The molecular formula is C17H27NO. The first kappa shape index (κ1) is 12.3. The molecule has 7 atom stereocenters. The van der Waals surface area contributed by atoms with Crippen molar-refractivity contribution < 1.29 is 0 Å². The van der Waals surface area contributed by atoms with E-state index in [-0.39, 0.29) is 6.04 Å². The third kappa shape index (κ3) is 1.97. The summed E-state index contributed by atoms with van der Waals surface area (Å²) in [5.41, 5.74) is 0. The van der Waals surface area contributed by atoms with Crippen LogP contribution in [0, 0.1) is 40.4 Å². The van der Waals surface area contributed by atoms with E-state index < -0.39 is 0 Å². The summed E-state index contributed by atoms with van der Waals surface area (Å²) in [6.07, 6.45) is 14.0. The Kier molecular flexibility index (Phi) is 3.16. The summed E-state index contributed by atoms with van der Waals surface area (Å²) in [6, 6.07) is 0.153. The average Bonchev–Trinajstić information content (AvgIpc) is 2.94. The minimum Gasteiger partial charge on any atom is -0.151 e. The Labute approximate surface area is 116 Å². The second-order valence-corrected chi connectivity index (χ2v) is 7.83. The van der Waals surface area contributed by atoms with Crippen molar-refractivity contribution >= 4 is 0 Å². The van der Waals surface area contributed by atoms with Crippen molar-refractivity contribution in [2.45, 2.75) is 70.3 Å². The third-order valence-corrected chi connectivity index (χ3v) is 7.27. The average molecular weight is 261 g/mol. The SMILES string of the molecule is O=N[C@H]1CC[C@H]2C3CC[C@H]4CCC[C@H]4C3CC[C@H]2C1. The van der Waals surface area contributed by atoms with Crippen LogP contribution in [-0.4, -0.2) is 6.04 Å². The van der Waals surface area contributed by atoms with Gasteiger partial charge in [0.1, 0.15) is 0 Å². The van der Waals surface area contributed by atoms with Gasteiger partial charge in [0, 0.05) is 0 Å². The summed E-state index contributed by atoms with van der Waals surface area (Å²) in [6.45, 7) is 0. The molecule has 4 saturated carbocycles. The highest BCUT2D eigenvalue weighted by atomic mass is 16.3. The lowest BCUT2D eigenvalue weighted by atomic mass is 9.53. The summed E-state index contributed by atoms with van der Waals surface area (Å²) in [7, 11) is 0. The van der Waals surface area contributed by atoms with E-state index in [1.54, 1.807) is 0 Å². The molecule has 19 heavy (non-hydrogen) atoms. The Morgan fingerprint density at radius 2 is 1.32 bits per heavy atom. The molecule has 4 rings (SSSR count). The zero-order chi connectivity index (χ0) is 12.8. The first-order valence-corrected chi connectivity index (χ1v) is 8.69. The highest BCUT2D eigenvalue weighted by Crippen LogP contribution is 2.57. The first-order valence-electron chi connectivity index (χ1n) is 8.69. The number of hydrogen-bond acceptors (Lipinski definition) is 2. The molecule has 2 unspecified atom stereocenters. The summed E-state index contributed by atoms with van der Waals surface area (Å²) in [5.74, 6) is 6.05. The van der Waals surface area contributed by atoms with Gasteiger partial charge in [0.25, 0.3) is 0 Å². The Hall–Kier alpha value is -0.400. The Morgan fingerprint density at radius 3 is 2.11 bits per heavy atom. The number of nitrogens with zero attached hydrogens (tertiary/aromatic N) is 1. The maximum absolute atomic E-state index is 10.8. The van der Waals surface area contributed by atoms with Gasteiger partial charge in [0.2, 0.25) is 0 Å². The molecule has 0 saturated heterocycles. The molecule has 0 N–H and O–H groups in total. The lowest BCUT2D eigenvalue weighted by Crippen LogP contribution is -2.44. The molecule has 0 radical (unpaired) electrons. The van der Waals surface area contributed by atoms with E-state index >= 15 is 0 Å². The molecule has 0 aromatic heterocycles. The highest BCUT2D eigenvalue weighted by Gasteiger charge is 2.49. The largest absolute Gasteiger partial charge is 0.151 e. The molecular weight excluding hydrogens is 234 g/mol. The van der Waals surface area contributed by atoms with Crippen molar-refractivity contribution in [2.75, 3.05) is 0 Å². The van der Waals surface area contributed by atoms with Gasteiger partial charge in [0.05, 0.1) is 6.04 Å². The Bertz CT molecular complexity index is 355. The molecule has 0 bridgehead atoms. The van der Waals surface area contributed by atoms with Crippen LogP contribution in [0.5, 0.6) is 0 Å². The van der Waals surface area contributed by atoms with Crippen LogP contribution in [-0.2, 0) is 0 Å². The Morgan fingerprint density at radius 1 is 0.632 bits per heavy atom. The van der Waals surface area contributed by atoms with Crippen LogP contribution >= 0.6 is 0 Å². The van der Waals surface area contributed by atoms with E-state index in [4.69, 9.17) is 0 Å². The fraction of sp³-hybridized carbons (Fsp3) is 1.00. The van der Waals surface area contributed by atoms with Crippen molar-refractivity contribution in [1.82, 2.24) is 0 Å². The van der Waals surface area contributed by atoms with Crippen LogP contribution in [0.4, 0.5) is 0 Å². The number of nitroso groups, excluding NO2 is 1. The quantitative estimate of drug-likeness (QED) is 0.625. The molecule has 0 aromatic carbocycles. The van der Waals surface area contributed by atoms with E-state index in [1.807, 2.05) is 0 Å². The lowest BCUT2D eigenvalue weighted by Gasteiger charge is -2.52. The van der Waals surface area contributed by atoms with Gasteiger partial charge in [-0.3, -0.25) is 0 Å². The maximum atomic E-state index is 10.8. The minimum atomic E-state index is 0.153. The van der Waals surface area contributed by atoms with Crippen molar-refractivity contribution in [1.29, 1.82) is 0 Å². The van der Waals surface area contributed by atoms with E-state index in [2.05, 4.69) is 5.18 Å². The van der Waals surface area contributed by atoms with Crippen LogP contribution in [0.2, 0.25) is 0 Å². The fourth-order valence-corrected chi connectivity index (χ4v) is 6.55. The second-order valence-electron chi connectivity index (χ2n) is 7.83. The van der Waals surface area contributed by atoms with Gasteiger partial charge in [-0.2, -0.15) is 4.91 Å². The predicted octanol–water partition coefficient (Wildman–Crippen LogP) is 4.77. The van der Waals surface area contributed by atoms with E-state index in [0.717, 1.165) is 48.3 Å². The van der Waals surface area contributed by atoms with Crippen molar-refractivity contribution in [3.8, 4) is 0 Å². The van der Waals surface area contributed by atoms with Gasteiger partial charge in [-0.25, -0.2) is 0 Å². The highest BCUT2D eigenvalue weighted by molar-refractivity contribution is 4.99. The standard InChI is InChI=1S/C17H27NO/c19-18-13-6-9-15-12(10-13)5-8-16-14-3-1-2-11(14)4-7-17(15)16/h11-17H,1-10H2/t11-,12+,13+,14-,15-,16?,17?/m1/s1. The third-order valence-electron chi connectivity index (χ3n) is 7.27. The molecule has 4 fully saturated rings. The molecule has 2 heteroatoms. The van der Waals surface area contributed by atoms with Crippen LogP contribution < -0.4 is 0 Å². The molecule has 0 spiro atoms. The van der Waals surface area contributed by atoms with Crippen LogP contribution in [0.25, 0.3) is 0 Å². The monoisotopic (exact) mass is 261 g/mol. The van der Waals surface area contributed by atoms with Gasteiger partial charge < -0.3 is 0 Å². The Balaban J connectivity index is 1.51. The minimum absolute atomic E-state index is 0.153. The predicted molar refractivity (Wildman–Crippen MR) is 76.7 cm³/mol. The summed E-state index contributed by atoms with van der Waals surface area (Å²) in [4.78, 5) is 10.8. The number of hydrogen-bond donors (Lipinski definition) is 0. The first-order chi connectivity index (χ1) is 9.36. The summed E-state index contributed by atoms with van der Waals surface area (Å²) < 4.78 is 0. The zero-order valence-electron chi connectivity index (χ0n) is 12.0. The molecule has 0 aromatic rings. The van der Waals surface area contributed by atoms with Gasteiger partial charge in [-0.15, -0.1) is 0 Å².